The van der Waals surface area contributed by atoms with Gasteiger partial charge >= 0.3 is 0 Å². The molecule has 0 spiro atoms. The Labute approximate surface area is 191 Å². The molecule has 0 atom stereocenters. The lowest BCUT2D eigenvalue weighted by Gasteiger charge is -2.12. The number of carbonyl (C=O) groups excluding carboxylic acids is 1. The van der Waals surface area contributed by atoms with Crippen LogP contribution in [-0.4, -0.2) is 18.7 Å². The SMILES string of the molecule is O=C(COc1ccccc1Cl)N/N=C\c1c(OCc2ccccc2)ccc2ccccc12. The van der Waals surface area contributed by atoms with Crippen LogP contribution in [0.3, 0.4) is 0 Å². The molecule has 5 nitrogen and oxygen atoms in total. The maximum Gasteiger partial charge on any atom is 0.277 e. The first kappa shape index (κ1) is 21.4. The minimum Gasteiger partial charge on any atom is -0.488 e. The highest BCUT2D eigenvalue weighted by Crippen LogP contribution is 2.27. The smallest absolute Gasteiger partial charge is 0.277 e. The molecule has 0 aliphatic carbocycles. The second kappa shape index (κ2) is 10.5. The van der Waals surface area contributed by atoms with Crippen molar-refractivity contribution in [1.29, 1.82) is 0 Å². The van der Waals surface area contributed by atoms with Crippen molar-refractivity contribution in [2.24, 2.45) is 5.10 Å². The lowest BCUT2D eigenvalue weighted by molar-refractivity contribution is -0.123. The molecular formula is C26H21ClN2O3. The zero-order valence-electron chi connectivity index (χ0n) is 17.2. The van der Waals surface area contributed by atoms with E-state index < -0.39 is 5.91 Å². The fourth-order valence-electron chi connectivity index (χ4n) is 3.18. The highest BCUT2D eigenvalue weighted by atomic mass is 35.5. The number of hydrogen-bond acceptors (Lipinski definition) is 4. The second-order valence-corrected chi connectivity index (χ2v) is 7.39. The minimum atomic E-state index is -0.395. The van der Waals surface area contributed by atoms with Gasteiger partial charge in [0, 0.05) is 5.56 Å². The van der Waals surface area contributed by atoms with Crippen LogP contribution in [0.15, 0.2) is 96.1 Å². The number of rotatable bonds is 8. The summed E-state index contributed by atoms with van der Waals surface area (Å²) in [6, 6.07) is 28.8. The highest BCUT2D eigenvalue weighted by molar-refractivity contribution is 6.32. The van der Waals surface area contributed by atoms with Gasteiger partial charge in [0.15, 0.2) is 6.61 Å². The molecule has 6 heteroatoms. The molecule has 0 aromatic heterocycles. The maximum atomic E-state index is 12.2. The van der Waals surface area contributed by atoms with E-state index in [9.17, 15) is 4.79 Å². The number of amides is 1. The highest BCUT2D eigenvalue weighted by Gasteiger charge is 2.09. The van der Waals surface area contributed by atoms with Crippen LogP contribution in [0.2, 0.25) is 5.02 Å². The molecule has 1 N–H and O–H groups in total. The van der Waals surface area contributed by atoms with Crippen molar-refractivity contribution in [3.05, 3.63) is 107 Å². The monoisotopic (exact) mass is 444 g/mol. The Morgan fingerprint density at radius 3 is 2.44 bits per heavy atom. The third-order valence-electron chi connectivity index (χ3n) is 4.75. The third-order valence-corrected chi connectivity index (χ3v) is 5.06. The van der Waals surface area contributed by atoms with Crippen molar-refractivity contribution >= 4 is 34.5 Å². The predicted octanol–water partition coefficient (Wildman–Crippen LogP) is 5.60. The molecule has 4 rings (SSSR count). The van der Waals surface area contributed by atoms with E-state index >= 15 is 0 Å². The summed E-state index contributed by atoms with van der Waals surface area (Å²) in [5.41, 5.74) is 4.34. The first-order valence-corrected chi connectivity index (χ1v) is 10.5. The van der Waals surface area contributed by atoms with E-state index in [2.05, 4.69) is 10.5 Å². The molecule has 0 bridgehead atoms. The van der Waals surface area contributed by atoms with Gasteiger partial charge in [-0.1, -0.05) is 84.4 Å². The first-order valence-electron chi connectivity index (χ1n) is 10.1. The van der Waals surface area contributed by atoms with Crippen LogP contribution in [-0.2, 0) is 11.4 Å². The summed E-state index contributed by atoms with van der Waals surface area (Å²) in [6.07, 6.45) is 1.59. The average molecular weight is 445 g/mol. The second-order valence-electron chi connectivity index (χ2n) is 6.99. The summed E-state index contributed by atoms with van der Waals surface area (Å²) in [4.78, 5) is 12.2. The van der Waals surface area contributed by atoms with Crippen LogP contribution >= 0.6 is 11.6 Å². The Morgan fingerprint density at radius 1 is 0.844 bits per heavy atom. The van der Waals surface area contributed by atoms with E-state index in [1.54, 1.807) is 30.5 Å². The van der Waals surface area contributed by atoms with E-state index in [1.165, 1.54) is 0 Å². The number of nitrogens with one attached hydrogen (secondary N) is 1. The number of ether oxygens (including phenoxy) is 2. The normalized spacial score (nSPS) is 10.9. The summed E-state index contributed by atoms with van der Waals surface area (Å²) < 4.78 is 11.5. The molecule has 0 aliphatic rings. The number of benzene rings is 4. The Morgan fingerprint density at radius 2 is 1.59 bits per heavy atom. The fraction of sp³-hybridized carbons (Fsp3) is 0.0769. The number of nitrogens with zero attached hydrogens (tertiary/aromatic N) is 1. The van der Waals surface area contributed by atoms with Gasteiger partial charge in [-0.2, -0.15) is 5.10 Å². The molecule has 0 aliphatic heterocycles. The Kier molecular flexibility index (Phi) is 7.00. The van der Waals surface area contributed by atoms with Gasteiger partial charge in [-0.15, -0.1) is 0 Å². The number of carbonyl (C=O) groups is 1. The number of para-hydroxylation sites is 1. The Bertz CT molecular complexity index is 1240. The number of halogens is 1. The van der Waals surface area contributed by atoms with E-state index in [-0.39, 0.29) is 6.61 Å². The van der Waals surface area contributed by atoms with Crippen LogP contribution < -0.4 is 14.9 Å². The van der Waals surface area contributed by atoms with Gasteiger partial charge in [0.1, 0.15) is 18.1 Å². The van der Waals surface area contributed by atoms with Crippen molar-refractivity contribution in [3.63, 3.8) is 0 Å². The van der Waals surface area contributed by atoms with Gasteiger partial charge in [-0.05, 0) is 34.5 Å². The molecule has 0 heterocycles. The van der Waals surface area contributed by atoms with Gasteiger partial charge in [0.25, 0.3) is 5.91 Å². The van der Waals surface area contributed by atoms with Crippen molar-refractivity contribution < 1.29 is 14.3 Å². The van der Waals surface area contributed by atoms with Gasteiger partial charge in [-0.25, -0.2) is 5.43 Å². The molecule has 4 aromatic carbocycles. The van der Waals surface area contributed by atoms with E-state index in [0.717, 1.165) is 21.9 Å². The summed E-state index contributed by atoms with van der Waals surface area (Å²) in [5.74, 6) is 0.727. The standard InChI is InChI=1S/C26H21ClN2O3/c27-23-12-6-7-13-25(23)32-18-26(30)29-28-16-22-21-11-5-4-10-20(21)14-15-24(22)31-17-19-8-2-1-3-9-19/h1-16H,17-18H2,(H,29,30)/b28-16-. The number of fused-ring (bicyclic) bond motifs is 1. The topological polar surface area (TPSA) is 59.9 Å². The summed E-state index contributed by atoms with van der Waals surface area (Å²) in [7, 11) is 0. The fourth-order valence-corrected chi connectivity index (χ4v) is 3.37. The third kappa shape index (κ3) is 5.45. The maximum absolute atomic E-state index is 12.2. The molecule has 0 unspecified atom stereocenters. The van der Waals surface area contributed by atoms with Gasteiger partial charge in [-0.3, -0.25) is 4.79 Å². The average Bonchev–Trinajstić information content (AvgIpc) is 2.83. The molecule has 32 heavy (non-hydrogen) atoms. The Hall–Kier alpha value is -3.83. The first-order chi connectivity index (χ1) is 15.7. The number of hydrogen-bond donors (Lipinski definition) is 1. The molecule has 1 amide bonds. The van der Waals surface area contributed by atoms with Crippen molar-refractivity contribution in [2.75, 3.05) is 6.61 Å². The van der Waals surface area contributed by atoms with Gasteiger partial charge in [0.2, 0.25) is 0 Å². The van der Waals surface area contributed by atoms with Crippen molar-refractivity contribution in [1.82, 2.24) is 5.43 Å². The van der Waals surface area contributed by atoms with Gasteiger partial charge in [0.05, 0.1) is 11.2 Å². The zero-order valence-corrected chi connectivity index (χ0v) is 18.0. The Balaban J connectivity index is 1.47. The summed E-state index contributed by atoms with van der Waals surface area (Å²) in [6.45, 7) is 0.228. The van der Waals surface area contributed by atoms with E-state index in [1.807, 2.05) is 66.7 Å². The van der Waals surface area contributed by atoms with Crippen LogP contribution in [0.4, 0.5) is 0 Å². The molecule has 0 saturated heterocycles. The minimum absolute atomic E-state index is 0.200. The van der Waals surface area contributed by atoms with Gasteiger partial charge < -0.3 is 9.47 Å². The quantitative estimate of drug-likeness (QED) is 0.284. The molecule has 0 saturated carbocycles. The molecule has 160 valence electrons. The lowest BCUT2D eigenvalue weighted by Crippen LogP contribution is -2.24. The molecular weight excluding hydrogens is 424 g/mol. The lowest BCUT2D eigenvalue weighted by atomic mass is 10.0. The molecule has 0 fully saturated rings. The van der Waals surface area contributed by atoms with Crippen LogP contribution in [0.5, 0.6) is 11.5 Å². The number of hydrazone groups is 1. The van der Waals surface area contributed by atoms with Crippen LogP contribution in [0.25, 0.3) is 10.8 Å². The zero-order chi connectivity index (χ0) is 22.2. The van der Waals surface area contributed by atoms with Crippen molar-refractivity contribution in [2.45, 2.75) is 6.61 Å². The summed E-state index contributed by atoms with van der Waals surface area (Å²) in [5, 5.41) is 6.59. The molecule has 4 aromatic rings. The van der Waals surface area contributed by atoms with Crippen molar-refractivity contribution in [3.8, 4) is 11.5 Å². The molecule has 0 radical (unpaired) electrons. The predicted molar refractivity (Wildman–Crippen MR) is 127 cm³/mol. The van der Waals surface area contributed by atoms with Crippen LogP contribution in [0, 0.1) is 0 Å². The van der Waals surface area contributed by atoms with Crippen LogP contribution in [0.1, 0.15) is 11.1 Å². The van der Waals surface area contributed by atoms with E-state index in [0.29, 0.717) is 23.1 Å². The van der Waals surface area contributed by atoms with E-state index in [4.69, 9.17) is 21.1 Å². The largest absolute Gasteiger partial charge is 0.488 e. The summed E-state index contributed by atoms with van der Waals surface area (Å²) >= 11 is 6.04.